The summed E-state index contributed by atoms with van der Waals surface area (Å²) in [4.78, 5) is 4.49. The van der Waals surface area contributed by atoms with Gasteiger partial charge >= 0.3 is 0 Å². The number of benzene rings is 1. The van der Waals surface area contributed by atoms with E-state index in [9.17, 15) is 0 Å². The fraction of sp³-hybridized carbons (Fsp3) is 0.368. The van der Waals surface area contributed by atoms with Crippen molar-refractivity contribution in [1.29, 1.82) is 0 Å². The van der Waals surface area contributed by atoms with E-state index in [0.29, 0.717) is 11.7 Å². The van der Waals surface area contributed by atoms with Crippen molar-refractivity contribution in [1.82, 2.24) is 14.6 Å². The number of nitrogens with zero attached hydrogens (tertiary/aromatic N) is 3. The van der Waals surface area contributed by atoms with Crippen LogP contribution in [0.2, 0.25) is 0 Å². The van der Waals surface area contributed by atoms with Crippen LogP contribution in [-0.2, 0) is 0 Å². The Labute approximate surface area is 152 Å². The predicted octanol–water partition coefficient (Wildman–Crippen LogP) is 3.05. The van der Waals surface area contributed by atoms with Gasteiger partial charge in [-0.1, -0.05) is 0 Å². The first-order valence-corrected chi connectivity index (χ1v) is 8.95. The number of anilines is 3. The van der Waals surface area contributed by atoms with Crippen LogP contribution in [0.1, 0.15) is 37.2 Å². The molecule has 0 bridgehead atoms. The third-order valence-electron chi connectivity index (χ3n) is 5.15. The van der Waals surface area contributed by atoms with Crippen LogP contribution < -0.4 is 21.5 Å². The molecule has 0 atom stereocenters. The minimum absolute atomic E-state index is 0.286. The Morgan fingerprint density at radius 3 is 2.58 bits per heavy atom. The molecule has 0 radical (unpaired) electrons. The van der Waals surface area contributed by atoms with Gasteiger partial charge in [0.1, 0.15) is 11.6 Å². The molecule has 26 heavy (non-hydrogen) atoms. The zero-order valence-corrected chi connectivity index (χ0v) is 14.9. The van der Waals surface area contributed by atoms with Crippen LogP contribution in [0.3, 0.4) is 0 Å². The summed E-state index contributed by atoms with van der Waals surface area (Å²) in [6, 6.07) is 8.10. The molecule has 4 rings (SSSR count). The van der Waals surface area contributed by atoms with E-state index in [1.54, 1.807) is 17.8 Å². The molecule has 1 aromatic carbocycles. The maximum atomic E-state index is 6.36. The molecule has 136 valence electrons. The number of nitrogen functional groups attached to an aromatic ring is 1. The van der Waals surface area contributed by atoms with Crippen molar-refractivity contribution < 1.29 is 4.74 Å². The molecule has 0 unspecified atom stereocenters. The first-order valence-electron chi connectivity index (χ1n) is 8.95. The second-order valence-corrected chi connectivity index (χ2v) is 6.83. The number of nitrogens with one attached hydrogen (secondary N) is 1. The summed E-state index contributed by atoms with van der Waals surface area (Å²) in [5.74, 6) is 1.70. The molecule has 1 aliphatic rings. The fourth-order valence-corrected chi connectivity index (χ4v) is 3.74. The van der Waals surface area contributed by atoms with Gasteiger partial charge in [-0.2, -0.15) is 0 Å². The molecule has 1 aliphatic carbocycles. The number of hydrogen-bond donors (Lipinski definition) is 3. The van der Waals surface area contributed by atoms with E-state index < -0.39 is 0 Å². The molecule has 2 aromatic heterocycles. The van der Waals surface area contributed by atoms with Gasteiger partial charge in [-0.3, -0.25) is 0 Å². The fourth-order valence-electron chi connectivity index (χ4n) is 3.74. The third-order valence-corrected chi connectivity index (χ3v) is 5.15. The lowest BCUT2D eigenvalue weighted by Crippen LogP contribution is -2.26. The quantitative estimate of drug-likeness (QED) is 0.667. The van der Waals surface area contributed by atoms with Crippen molar-refractivity contribution in [2.75, 3.05) is 18.2 Å². The molecular weight excluding hydrogens is 328 g/mol. The molecular formula is C19H24N6O. The molecule has 0 amide bonds. The molecule has 7 nitrogen and oxygen atoms in total. The highest BCUT2D eigenvalue weighted by Crippen LogP contribution is 2.41. The topological polar surface area (TPSA) is 103 Å². The Morgan fingerprint density at radius 2 is 1.88 bits per heavy atom. The van der Waals surface area contributed by atoms with E-state index in [4.69, 9.17) is 16.2 Å². The van der Waals surface area contributed by atoms with Crippen LogP contribution >= 0.6 is 0 Å². The van der Waals surface area contributed by atoms with Gasteiger partial charge < -0.3 is 21.5 Å². The molecule has 1 fully saturated rings. The molecule has 3 aromatic rings. The summed E-state index contributed by atoms with van der Waals surface area (Å²) in [7, 11) is 1.66. The zero-order valence-electron chi connectivity index (χ0n) is 14.9. The number of imidazole rings is 1. The Bertz CT molecular complexity index is 896. The van der Waals surface area contributed by atoms with Gasteiger partial charge in [0.15, 0.2) is 5.65 Å². The Hall–Kier alpha value is -2.80. The van der Waals surface area contributed by atoms with E-state index in [0.717, 1.165) is 54.0 Å². The van der Waals surface area contributed by atoms with Gasteiger partial charge in [0.05, 0.1) is 12.8 Å². The Balaban J connectivity index is 1.77. The highest BCUT2D eigenvalue weighted by Gasteiger charge is 2.27. The SMILES string of the molecule is COc1ccc(Nc2c3nccn3nc(N)c2[C@H]2CC[C@H](N)CC2)cc1. The molecule has 0 aliphatic heterocycles. The average Bonchev–Trinajstić information content (AvgIpc) is 3.12. The van der Waals surface area contributed by atoms with Crippen molar-refractivity contribution in [3.05, 3.63) is 42.2 Å². The summed E-state index contributed by atoms with van der Waals surface area (Å²) in [5.41, 5.74) is 16.1. The van der Waals surface area contributed by atoms with Crippen LogP contribution in [0, 0.1) is 0 Å². The van der Waals surface area contributed by atoms with Crippen LogP contribution in [0.15, 0.2) is 36.7 Å². The number of rotatable bonds is 4. The number of methoxy groups -OCH3 is 1. The van der Waals surface area contributed by atoms with Gasteiger partial charge in [0.25, 0.3) is 0 Å². The van der Waals surface area contributed by atoms with E-state index >= 15 is 0 Å². The first-order chi connectivity index (χ1) is 12.7. The zero-order chi connectivity index (χ0) is 18.1. The third kappa shape index (κ3) is 3.06. The minimum atomic E-state index is 0.286. The normalized spacial score (nSPS) is 20.2. The monoisotopic (exact) mass is 352 g/mol. The lowest BCUT2D eigenvalue weighted by atomic mass is 9.81. The number of nitrogens with two attached hydrogens (primary N) is 2. The number of fused-ring (bicyclic) bond motifs is 1. The second-order valence-electron chi connectivity index (χ2n) is 6.83. The number of aromatic nitrogens is 3. The second kappa shape index (κ2) is 6.84. The van der Waals surface area contributed by atoms with Gasteiger partial charge in [-0.15, -0.1) is 5.10 Å². The van der Waals surface area contributed by atoms with Crippen LogP contribution in [0.4, 0.5) is 17.2 Å². The molecule has 5 N–H and O–H groups in total. The summed E-state index contributed by atoms with van der Waals surface area (Å²) in [6.07, 6.45) is 7.59. The Kier molecular flexibility index (Phi) is 4.38. The molecule has 0 saturated heterocycles. The Morgan fingerprint density at radius 1 is 1.15 bits per heavy atom. The van der Waals surface area contributed by atoms with Crippen molar-refractivity contribution in [2.24, 2.45) is 5.73 Å². The maximum Gasteiger partial charge on any atom is 0.177 e. The van der Waals surface area contributed by atoms with Crippen molar-refractivity contribution in [3.63, 3.8) is 0 Å². The van der Waals surface area contributed by atoms with E-state index in [1.807, 2.05) is 30.5 Å². The van der Waals surface area contributed by atoms with Gasteiger partial charge in [0.2, 0.25) is 0 Å². The summed E-state index contributed by atoms with van der Waals surface area (Å²) in [5, 5.41) is 8.01. The lowest BCUT2D eigenvalue weighted by Gasteiger charge is -2.28. The predicted molar refractivity (Wildman–Crippen MR) is 103 cm³/mol. The first kappa shape index (κ1) is 16.7. The molecule has 7 heteroatoms. The van der Waals surface area contributed by atoms with E-state index in [1.165, 1.54) is 0 Å². The largest absolute Gasteiger partial charge is 0.497 e. The van der Waals surface area contributed by atoms with Crippen LogP contribution in [0.25, 0.3) is 5.65 Å². The maximum absolute atomic E-state index is 6.36. The van der Waals surface area contributed by atoms with Gasteiger partial charge in [-0.05, 0) is 55.9 Å². The molecule has 2 heterocycles. The standard InChI is InChI=1S/C19H24N6O/c1-26-15-8-6-14(7-9-15)23-17-16(12-2-4-13(20)5-3-12)18(21)24-25-11-10-22-19(17)25/h6-13,23H,2-5,20H2,1H3,(H2,21,24)/t12-,13-. The minimum Gasteiger partial charge on any atom is -0.497 e. The summed E-state index contributed by atoms with van der Waals surface area (Å²) in [6.45, 7) is 0. The smallest absolute Gasteiger partial charge is 0.177 e. The van der Waals surface area contributed by atoms with E-state index in [2.05, 4.69) is 15.4 Å². The van der Waals surface area contributed by atoms with Crippen LogP contribution in [0.5, 0.6) is 5.75 Å². The average molecular weight is 352 g/mol. The summed E-state index contributed by atoms with van der Waals surface area (Å²) < 4.78 is 6.96. The molecule has 1 saturated carbocycles. The van der Waals surface area contributed by atoms with Crippen molar-refractivity contribution in [3.8, 4) is 5.75 Å². The summed E-state index contributed by atoms with van der Waals surface area (Å²) >= 11 is 0. The highest BCUT2D eigenvalue weighted by molar-refractivity contribution is 5.80. The highest BCUT2D eigenvalue weighted by atomic mass is 16.5. The lowest BCUT2D eigenvalue weighted by molar-refractivity contribution is 0.396. The van der Waals surface area contributed by atoms with Gasteiger partial charge in [-0.25, -0.2) is 9.50 Å². The van der Waals surface area contributed by atoms with Crippen LogP contribution in [-0.4, -0.2) is 27.7 Å². The number of ether oxygens (including phenoxy) is 1. The van der Waals surface area contributed by atoms with Crippen molar-refractivity contribution in [2.45, 2.75) is 37.6 Å². The van der Waals surface area contributed by atoms with Gasteiger partial charge in [0, 0.05) is 29.7 Å². The number of hydrogen-bond acceptors (Lipinski definition) is 6. The van der Waals surface area contributed by atoms with E-state index in [-0.39, 0.29) is 6.04 Å². The molecule has 0 spiro atoms. The van der Waals surface area contributed by atoms with Crippen molar-refractivity contribution >= 4 is 22.8 Å².